The van der Waals surface area contributed by atoms with Gasteiger partial charge in [0.25, 0.3) is 0 Å². The van der Waals surface area contributed by atoms with Crippen molar-refractivity contribution in [3.8, 4) is 0 Å². The molecular weight excluding hydrogens is 278 g/mol. The molecule has 7 heteroatoms. The molecule has 4 rings (SSSR count). The molecule has 1 N–H and O–H groups in total. The average molecular weight is 294 g/mol. The summed E-state index contributed by atoms with van der Waals surface area (Å²) in [5.41, 5.74) is 1.49. The summed E-state index contributed by atoms with van der Waals surface area (Å²) in [4.78, 5) is 18.2. The molecule has 3 heterocycles. The molecule has 0 aromatic carbocycles. The van der Waals surface area contributed by atoms with Crippen molar-refractivity contribution in [3.63, 3.8) is 0 Å². The predicted molar refractivity (Wildman–Crippen MR) is 76.0 cm³/mol. The minimum Gasteiger partial charge on any atom is -0.374 e. The third kappa shape index (κ3) is 1.94. The van der Waals surface area contributed by atoms with E-state index in [9.17, 15) is 0 Å². The van der Waals surface area contributed by atoms with Crippen LogP contribution in [0.15, 0.2) is 6.33 Å². The van der Waals surface area contributed by atoms with Crippen LogP contribution in [-0.4, -0.2) is 45.2 Å². The normalized spacial score (nSPS) is 26.8. The van der Waals surface area contributed by atoms with Crippen molar-refractivity contribution in [2.75, 3.05) is 18.1 Å². The Morgan fingerprint density at radius 2 is 2.20 bits per heavy atom. The predicted octanol–water partition coefficient (Wildman–Crippen LogP) is 2.15. The van der Waals surface area contributed by atoms with E-state index in [1.807, 2.05) is 0 Å². The van der Waals surface area contributed by atoms with Gasteiger partial charge in [-0.3, -0.25) is 0 Å². The monoisotopic (exact) mass is 293 g/mol. The maximum Gasteiger partial charge on any atom is 0.226 e. The zero-order valence-corrected chi connectivity index (χ0v) is 11.8. The smallest absolute Gasteiger partial charge is 0.226 e. The lowest BCUT2D eigenvalue weighted by Crippen LogP contribution is -2.53. The molecule has 1 saturated carbocycles. The molecule has 2 atom stereocenters. The first kappa shape index (κ1) is 12.3. The third-order valence-electron chi connectivity index (χ3n) is 4.24. The van der Waals surface area contributed by atoms with Gasteiger partial charge < -0.3 is 14.6 Å². The van der Waals surface area contributed by atoms with E-state index in [0.717, 1.165) is 37.3 Å². The van der Waals surface area contributed by atoms with Crippen LogP contribution < -0.4 is 4.90 Å². The van der Waals surface area contributed by atoms with Crippen molar-refractivity contribution < 1.29 is 4.74 Å². The van der Waals surface area contributed by atoms with Crippen molar-refractivity contribution in [2.45, 2.75) is 37.8 Å². The summed E-state index contributed by atoms with van der Waals surface area (Å²) in [5.74, 6) is 0.859. The van der Waals surface area contributed by atoms with Crippen LogP contribution in [-0.2, 0) is 4.74 Å². The topological polar surface area (TPSA) is 66.9 Å². The molecule has 0 amide bonds. The largest absolute Gasteiger partial charge is 0.374 e. The molecule has 1 aliphatic heterocycles. The number of nitrogens with one attached hydrogen (secondary N) is 1. The van der Waals surface area contributed by atoms with Gasteiger partial charge in [-0.25, -0.2) is 4.98 Å². The number of fused-ring (bicyclic) bond motifs is 2. The molecule has 2 aliphatic rings. The zero-order chi connectivity index (χ0) is 13.5. The number of anilines is 1. The highest BCUT2D eigenvalue weighted by atomic mass is 35.5. The fraction of sp³-hybridized carbons (Fsp3) is 0.615. The van der Waals surface area contributed by atoms with Gasteiger partial charge in [0.2, 0.25) is 5.28 Å². The van der Waals surface area contributed by atoms with Gasteiger partial charge in [0.1, 0.15) is 5.52 Å². The highest BCUT2D eigenvalue weighted by molar-refractivity contribution is 6.28. The minimum absolute atomic E-state index is 0.249. The fourth-order valence-corrected chi connectivity index (χ4v) is 3.52. The van der Waals surface area contributed by atoms with Gasteiger partial charge in [0.05, 0.1) is 25.1 Å². The Hall–Kier alpha value is -1.40. The van der Waals surface area contributed by atoms with Crippen LogP contribution in [0.5, 0.6) is 0 Å². The number of ether oxygens (including phenoxy) is 1. The van der Waals surface area contributed by atoms with Crippen molar-refractivity contribution in [3.05, 3.63) is 11.6 Å². The first-order valence-electron chi connectivity index (χ1n) is 7.08. The maximum absolute atomic E-state index is 6.04. The molecule has 0 bridgehead atoms. The van der Waals surface area contributed by atoms with Crippen molar-refractivity contribution >= 4 is 28.6 Å². The number of halogens is 1. The van der Waals surface area contributed by atoms with E-state index in [-0.39, 0.29) is 5.28 Å². The van der Waals surface area contributed by atoms with Crippen LogP contribution in [0.3, 0.4) is 0 Å². The number of hydrogen-bond donors (Lipinski definition) is 1. The van der Waals surface area contributed by atoms with E-state index < -0.39 is 0 Å². The molecule has 0 radical (unpaired) electrons. The number of morpholine rings is 1. The number of imidazole rings is 1. The molecule has 0 spiro atoms. The second-order valence-corrected chi connectivity index (χ2v) is 5.71. The second kappa shape index (κ2) is 4.86. The quantitative estimate of drug-likeness (QED) is 0.816. The number of aromatic amines is 1. The van der Waals surface area contributed by atoms with Gasteiger partial charge in [0.15, 0.2) is 11.5 Å². The Kier molecular flexibility index (Phi) is 3.00. The molecule has 20 heavy (non-hydrogen) atoms. The second-order valence-electron chi connectivity index (χ2n) is 5.37. The highest BCUT2D eigenvalue weighted by Crippen LogP contribution is 2.33. The molecular formula is C13H16ClN5O. The van der Waals surface area contributed by atoms with Crippen molar-refractivity contribution in [2.24, 2.45) is 0 Å². The van der Waals surface area contributed by atoms with Gasteiger partial charge in [-0.05, 0) is 24.4 Å². The number of nitrogens with zero attached hydrogens (tertiary/aromatic N) is 4. The lowest BCUT2D eigenvalue weighted by atomic mass is 9.90. The molecule has 1 saturated heterocycles. The summed E-state index contributed by atoms with van der Waals surface area (Å²) in [7, 11) is 0. The summed E-state index contributed by atoms with van der Waals surface area (Å²) in [6, 6.07) is 0.384. The summed E-state index contributed by atoms with van der Waals surface area (Å²) in [6.07, 6.45) is 6.71. The lowest BCUT2D eigenvalue weighted by molar-refractivity contribution is -0.00888. The van der Waals surface area contributed by atoms with Crippen LogP contribution >= 0.6 is 11.6 Å². The zero-order valence-electron chi connectivity index (χ0n) is 11.0. The Morgan fingerprint density at radius 1 is 1.30 bits per heavy atom. The van der Waals surface area contributed by atoms with E-state index in [0.29, 0.717) is 17.8 Å². The van der Waals surface area contributed by atoms with E-state index in [4.69, 9.17) is 16.3 Å². The standard InChI is InChI=1S/C13H16ClN5O/c14-13-17-11-10(15-7-16-11)12(18-13)19-5-6-20-9-4-2-1-3-8(9)19/h7-9H,1-6H2,(H,15,16,17,18). The van der Waals surface area contributed by atoms with Crippen LogP contribution in [0.4, 0.5) is 5.82 Å². The molecule has 6 nitrogen and oxygen atoms in total. The summed E-state index contributed by atoms with van der Waals surface area (Å²) < 4.78 is 5.91. The fourth-order valence-electron chi connectivity index (χ4n) is 3.36. The molecule has 2 unspecified atom stereocenters. The number of hydrogen-bond acceptors (Lipinski definition) is 5. The van der Waals surface area contributed by atoms with Gasteiger partial charge >= 0.3 is 0 Å². The Balaban J connectivity index is 1.79. The average Bonchev–Trinajstić information content (AvgIpc) is 2.94. The number of aromatic nitrogens is 4. The Morgan fingerprint density at radius 3 is 3.15 bits per heavy atom. The highest BCUT2D eigenvalue weighted by Gasteiger charge is 2.36. The summed E-state index contributed by atoms with van der Waals surface area (Å²) >= 11 is 6.04. The first-order valence-corrected chi connectivity index (χ1v) is 7.45. The van der Waals surface area contributed by atoms with Crippen LogP contribution in [0.25, 0.3) is 11.2 Å². The van der Waals surface area contributed by atoms with Crippen molar-refractivity contribution in [1.82, 2.24) is 19.9 Å². The van der Waals surface area contributed by atoms with Crippen LogP contribution in [0.1, 0.15) is 25.7 Å². The number of H-pyrrole nitrogens is 1. The van der Waals surface area contributed by atoms with Crippen LogP contribution in [0, 0.1) is 0 Å². The summed E-state index contributed by atoms with van der Waals surface area (Å²) in [5, 5.41) is 0.249. The van der Waals surface area contributed by atoms with E-state index in [1.54, 1.807) is 6.33 Å². The van der Waals surface area contributed by atoms with Gasteiger partial charge in [0, 0.05) is 6.54 Å². The molecule has 2 fully saturated rings. The van der Waals surface area contributed by atoms with Gasteiger partial charge in [-0.2, -0.15) is 9.97 Å². The lowest BCUT2D eigenvalue weighted by Gasteiger charge is -2.44. The minimum atomic E-state index is 0.249. The first-order chi connectivity index (χ1) is 9.83. The van der Waals surface area contributed by atoms with Crippen molar-refractivity contribution in [1.29, 1.82) is 0 Å². The molecule has 106 valence electrons. The number of rotatable bonds is 1. The van der Waals surface area contributed by atoms with Crippen LogP contribution in [0.2, 0.25) is 5.28 Å². The molecule has 1 aliphatic carbocycles. The maximum atomic E-state index is 6.04. The van der Waals surface area contributed by atoms with E-state index in [2.05, 4.69) is 24.8 Å². The molecule has 2 aromatic heterocycles. The van der Waals surface area contributed by atoms with Gasteiger partial charge in [-0.15, -0.1) is 0 Å². The Labute approximate surface area is 121 Å². The Bertz CT molecular complexity index is 628. The summed E-state index contributed by atoms with van der Waals surface area (Å²) in [6.45, 7) is 1.57. The van der Waals surface area contributed by atoms with E-state index in [1.165, 1.54) is 12.8 Å². The van der Waals surface area contributed by atoms with Gasteiger partial charge in [-0.1, -0.05) is 12.8 Å². The third-order valence-corrected chi connectivity index (χ3v) is 4.41. The van der Waals surface area contributed by atoms with E-state index >= 15 is 0 Å². The molecule has 2 aromatic rings. The SMILES string of the molecule is Clc1nc(N2CCOC3CCCCC32)c2[nH]cnc2n1.